The molecule has 0 aliphatic heterocycles. The minimum absolute atomic E-state index is 0.0301. The molecule has 1 rings (SSSR count). The van der Waals surface area contributed by atoms with E-state index in [1.165, 1.54) is 24.3 Å². The highest BCUT2D eigenvalue weighted by atomic mass is 16.6. The molecule has 0 heterocycles. The van der Waals surface area contributed by atoms with Gasteiger partial charge in [-0.3, -0.25) is 14.9 Å². The number of nitro benzene ring substituents is 1. The monoisotopic (exact) mass is 324 g/mol. The first-order valence-corrected chi connectivity index (χ1v) is 7.24. The van der Waals surface area contributed by atoms with Crippen LogP contribution in [0.4, 0.5) is 5.69 Å². The van der Waals surface area contributed by atoms with E-state index in [1.54, 1.807) is 0 Å². The minimum Gasteiger partial charge on any atom is -0.482 e. The van der Waals surface area contributed by atoms with Gasteiger partial charge in [0.2, 0.25) is 0 Å². The van der Waals surface area contributed by atoms with Crippen molar-refractivity contribution in [1.29, 1.82) is 0 Å². The zero-order valence-corrected chi connectivity index (χ0v) is 13.1. The Hall–Kier alpha value is -2.64. The SMILES string of the molecule is CCC[C@@H](C)NC(=O)COC(=O)COc1ccc([N+](=O)[O-])cc1. The number of esters is 1. The number of amides is 1. The fourth-order valence-corrected chi connectivity index (χ4v) is 1.82. The van der Waals surface area contributed by atoms with Crippen molar-refractivity contribution >= 4 is 17.6 Å². The summed E-state index contributed by atoms with van der Waals surface area (Å²) in [5.41, 5.74) is -0.0715. The van der Waals surface area contributed by atoms with Gasteiger partial charge in [0.05, 0.1) is 4.92 Å². The lowest BCUT2D eigenvalue weighted by Crippen LogP contribution is -2.36. The summed E-state index contributed by atoms with van der Waals surface area (Å²) in [6.07, 6.45) is 1.80. The molecule has 0 unspecified atom stereocenters. The summed E-state index contributed by atoms with van der Waals surface area (Å²) in [4.78, 5) is 33.0. The lowest BCUT2D eigenvalue weighted by molar-refractivity contribution is -0.384. The Labute approximate surface area is 133 Å². The third-order valence-corrected chi connectivity index (χ3v) is 2.90. The molecule has 0 saturated carbocycles. The van der Waals surface area contributed by atoms with Crippen LogP contribution in [0.2, 0.25) is 0 Å². The van der Waals surface area contributed by atoms with Crippen molar-refractivity contribution in [2.24, 2.45) is 0 Å². The number of rotatable bonds is 9. The zero-order valence-electron chi connectivity index (χ0n) is 13.1. The Morgan fingerprint density at radius 1 is 1.26 bits per heavy atom. The van der Waals surface area contributed by atoms with Crippen LogP contribution < -0.4 is 10.1 Å². The third kappa shape index (κ3) is 7.25. The van der Waals surface area contributed by atoms with Crippen LogP contribution in [0.5, 0.6) is 5.75 Å². The summed E-state index contributed by atoms with van der Waals surface area (Å²) in [6.45, 7) is 3.14. The molecule has 8 nitrogen and oxygen atoms in total. The van der Waals surface area contributed by atoms with E-state index in [0.29, 0.717) is 5.75 Å². The van der Waals surface area contributed by atoms with E-state index in [0.717, 1.165) is 12.8 Å². The van der Waals surface area contributed by atoms with E-state index in [1.807, 2.05) is 13.8 Å². The van der Waals surface area contributed by atoms with Gasteiger partial charge < -0.3 is 14.8 Å². The van der Waals surface area contributed by atoms with Gasteiger partial charge in [-0.05, 0) is 25.5 Å². The molecule has 0 aliphatic carbocycles. The average Bonchev–Trinajstić information content (AvgIpc) is 2.51. The van der Waals surface area contributed by atoms with E-state index in [4.69, 9.17) is 9.47 Å². The lowest BCUT2D eigenvalue weighted by atomic mass is 10.2. The highest BCUT2D eigenvalue weighted by Gasteiger charge is 2.11. The summed E-state index contributed by atoms with van der Waals surface area (Å²) in [5.74, 6) is -0.759. The van der Waals surface area contributed by atoms with Gasteiger partial charge in [0, 0.05) is 18.2 Å². The smallest absolute Gasteiger partial charge is 0.344 e. The van der Waals surface area contributed by atoms with E-state index in [9.17, 15) is 19.7 Å². The number of ether oxygens (including phenoxy) is 2. The highest BCUT2D eigenvalue weighted by Crippen LogP contribution is 2.17. The van der Waals surface area contributed by atoms with Crippen molar-refractivity contribution in [3.63, 3.8) is 0 Å². The second-order valence-electron chi connectivity index (χ2n) is 4.96. The molecule has 0 fully saturated rings. The molecule has 0 spiro atoms. The Morgan fingerprint density at radius 2 is 1.91 bits per heavy atom. The van der Waals surface area contributed by atoms with Gasteiger partial charge >= 0.3 is 5.97 Å². The fraction of sp³-hybridized carbons (Fsp3) is 0.467. The molecule has 1 aromatic rings. The predicted molar refractivity (Wildman–Crippen MR) is 82.1 cm³/mol. The first-order chi connectivity index (χ1) is 10.9. The molecule has 1 aromatic carbocycles. The lowest BCUT2D eigenvalue weighted by Gasteiger charge is -2.12. The molecular formula is C15H20N2O6. The maximum atomic E-state index is 11.5. The number of nitrogens with zero attached hydrogens (tertiary/aromatic N) is 1. The number of carbonyl (C=O) groups is 2. The molecule has 0 aromatic heterocycles. The molecule has 1 N–H and O–H groups in total. The number of non-ortho nitro benzene ring substituents is 1. The normalized spacial score (nSPS) is 11.4. The van der Waals surface area contributed by atoms with Gasteiger partial charge in [0.1, 0.15) is 5.75 Å². The van der Waals surface area contributed by atoms with E-state index in [-0.39, 0.29) is 30.9 Å². The molecule has 0 aliphatic rings. The summed E-state index contributed by atoms with van der Waals surface area (Å²) in [6, 6.07) is 5.32. The van der Waals surface area contributed by atoms with Crippen LogP contribution in [-0.4, -0.2) is 36.1 Å². The van der Waals surface area contributed by atoms with Crippen molar-refractivity contribution in [3.8, 4) is 5.75 Å². The number of nitrogens with one attached hydrogen (secondary N) is 1. The quantitative estimate of drug-likeness (QED) is 0.422. The van der Waals surface area contributed by atoms with Crippen LogP contribution in [0.1, 0.15) is 26.7 Å². The third-order valence-electron chi connectivity index (χ3n) is 2.90. The van der Waals surface area contributed by atoms with Gasteiger partial charge in [-0.25, -0.2) is 4.79 Å². The zero-order chi connectivity index (χ0) is 17.2. The number of hydrogen-bond acceptors (Lipinski definition) is 6. The van der Waals surface area contributed by atoms with Crippen LogP contribution in [0.15, 0.2) is 24.3 Å². The summed E-state index contributed by atoms with van der Waals surface area (Å²) in [7, 11) is 0. The maximum Gasteiger partial charge on any atom is 0.344 e. The van der Waals surface area contributed by atoms with Crippen LogP contribution >= 0.6 is 0 Å². The van der Waals surface area contributed by atoms with Gasteiger partial charge in [-0.2, -0.15) is 0 Å². The van der Waals surface area contributed by atoms with Gasteiger partial charge in [0.15, 0.2) is 13.2 Å². The van der Waals surface area contributed by atoms with Gasteiger partial charge in [-0.15, -0.1) is 0 Å². The Balaban J connectivity index is 2.28. The minimum atomic E-state index is -0.693. The van der Waals surface area contributed by atoms with Crippen molar-refractivity contribution in [2.75, 3.05) is 13.2 Å². The molecule has 8 heteroatoms. The van der Waals surface area contributed by atoms with Crippen LogP contribution in [0.3, 0.4) is 0 Å². The predicted octanol–water partition coefficient (Wildman–Crippen LogP) is 1.82. The van der Waals surface area contributed by atoms with Gasteiger partial charge in [0.25, 0.3) is 11.6 Å². The Bertz CT molecular complexity index is 543. The molecule has 1 atom stereocenters. The van der Waals surface area contributed by atoms with Crippen LogP contribution in [0, 0.1) is 10.1 Å². The standard InChI is InChI=1S/C15H20N2O6/c1-3-4-11(2)16-14(18)9-23-15(19)10-22-13-7-5-12(6-8-13)17(20)21/h5-8,11H,3-4,9-10H2,1-2H3,(H,16,18)/t11-/m1/s1. The van der Waals surface area contributed by atoms with Crippen molar-refractivity contribution in [2.45, 2.75) is 32.7 Å². The molecule has 0 saturated heterocycles. The summed E-state index contributed by atoms with van der Waals surface area (Å²) in [5, 5.41) is 13.2. The van der Waals surface area contributed by atoms with Gasteiger partial charge in [-0.1, -0.05) is 13.3 Å². The molecule has 0 radical (unpaired) electrons. The highest BCUT2D eigenvalue weighted by molar-refractivity contribution is 5.81. The summed E-state index contributed by atoms with van der Waals surface area (Å²) < 4.78 is 9.91. The first kappa shape index (κ1) is 18.4. The van der Waals surface area contributed by atoms with Crippen LogP contribution in [-0.2, 0) is 14.3 Å². The number of carbonyl (C=O) groups excluding carboxylic acids is 2. The largest absolute Gasteiger partial charge is 0.482 e. The topological polar surface area (TPSA) is 108 Å². The number of benzene rings is 1. The van der Waals surface area contributed by atoms with E-state index >= 15 is 0 Å². The van der Waals surface area contributed by atoms with E-state index in [2.05, 4.69) is 5.32 Å². The maximum absolute atomic E-state index is 11.5. The summed E-state index contributed by atoms with van der Waals surface area (Å²) >= 11 is 0. The van der Waals surface area contributed by atoms with Crippen molar-refractivity contribution in [1.82, 2.24) is 5.32 Å². The Kier molecular flexibility index (Phi) is 7.52. The number of nitro groups is 1. The van der Waals surface area contributed by atoms with Crippen molar-refractivity contribution < 1.29 is 24.0 Å². The average molecular weight is 324 g/mol. The fourth-order valence-electron chi connectivity index (χ4n) is 1.82. The second-order valence-corrected chi connectivity index (χ2v) is 4.96. The Morgan fingerprint density at radius 3 is 2.48 bits per heavy atom. The van der Waals surface area contributed by atoms with Crippen molar-refractivity contribution in [3.05, 3.63) is 34.4 Å². The molecule has 1 amide bonds. The van der Waals surface area contributed by atoms with E-state index < -0.39 is 10.9 Å². The number of hydrogen-bond donors (Lipinski definition) is 1. The molecule has 126 valence electrons. The second kappa shape index (κ2) is 9.39. The van der Waals surface area contributed by atoms with Crippen LogP contribution in [0.25, 0.3) is 0 Å². The molecule has 0 bridgehead atoms. The molecular weight excluding hydrogens is 304 g/mol. The molecule has 23 heavy (non-hydrogen) atoms. The first-order valence-electron chi connectivity index (χ1n) is 7.24.